The van der Waals surface area contributed by atoms with Gasteiger partial charge in [0.15, 0.2) is 23.0 Å². The maximum absolute atomic E-state index is 6.17. The van der Waals surface area contributed by atoms with Gasteiger partial charge in [0.2, 0.25) is 5.75 Å². The van der Waals surface area contributed by atoms with Gasteiger partial charge in [0.05, 0.1) is 14.2 Å². The summed E-state index contributed by atoms with van der Waals surface area (Å²) < 4.78 is 28.7. The van der Waals surface area contributed by atoms with E-state index < -0.39 is 0 Å². The molecule has 1 aliphatic heterocycles. The standard InChI is InChI=1S/C23H29NO5.ClH/c1-25-19-8-5-9-20(26-2)23(19)27-11-10-24-14-18-15-28-21-12-16-6-3-4-7-17(16)13-22(21)29-18;/h5,8-9,12-13,18,24H,3-4,6-7,10-11,14-15H2,1-2H3;1H/t18-;/m0./s1. The summed E-state index contributed by atoms with van der Waals surface area (Å²) in [6.07, 6.45) is 4.80. The molecule has 30 heavy (non-hydrogen) atoms. The lowest BCUT2D eigenvalue weighted by atomic mass is 9.91. The summed E-state index contributed by atoms with van der Waals surface area (Å²) in [7, 11) is 3.24. The number of hydrogen-bond acceptors (Lipinski definition) is 6. The maximum atomic E-state index is 6.17. The van der Waals surface area contributed by atoms with Crippen molar-refractivity contribution in [2.24, 2.45) is 0 Å². The van der Waals surface area contributed by atoms with Crippen molar-refractivity contribution in [2.75, 3.05) is 40.5 Å². The third kappa shape index (κ3) is 5.05. The molecule has 2 aliphatic rings. The Kier molecular flexibility index (Phi) is 7.94. The average molecular weight is 436 g/mol. The largest absolute Gasteiger partial charge is 0.493 e. The van der Waals surface area contributed by atoms with Gasteiger partial charge in [-0.1, -0.05) is 6.07 Å². The number of rotatable bonds is 8. The minimum Gasteiger partial charge on any atom is -0.493 e. The molecule has 0 amide bonds. The lowest BCUT2D eigenvalue weighted by molar-refractivity contribution is 0.0893. The van der Waals surface area contributed by atoms with Crippen LogP contribution in [-0.2, 0) is 12.8 Å². The molecular formula is C23H30ClNO5. The molecule has 0 spiro atoms. The van der Waals surface area contributed by atoms with E-state index in [-0.39, 0.29) is 18.5 Å². The van der Waals surface area contributed by atoms with Crippen LogP contribution in [0.4, 0.5) is 0 Å². The number of halogens is 1. The van der Waals surface area contributed by atoms with Crippen molar-refractivity contribution in [2.45, 2.75) is 31.8 Å². The monoisotopic (exact) mass is 435 g/mol. The summed E-state index contributed by atoms with van der Waals surface area (Å²) >= 11 is 0. The summed E-state index contributed by atoms with van der Waals surface area (Å²) in [5, 5.41) is 3.38. The fourth-order valence-corrected chi connectivity index (χ4v) is 3.89. The van der Waals surface area contributed by atoms with E-state index in [1.165, 1.54) is 24.0 Å². The van der Waals surface area contributed by atoms with E-state index in [1.54, 1.807) is 14.2 Å². The molecule has 0 unspecified atom stereocenters. The fraction of sp³-hybridized carbons (Fsp3) is 0.478. The number of benzene rings is 2. The molecule has 1 atom stereocenters. The number of fused-ring (bicyclic) bond motifs is 2. The highest BCUT2D eigenvalue weighted by Gasteiger charge is 2.23. The molecule has 0 bridgehead atoms. The predicted molar refractivity (Wildman–Crippen MR) is 118 cm³/mol. The van der Waals surface area contributed by atoms with Gasteiger partial charge in [-0.15, -0.1) is 12.4 Å². The Bertz CT molecular complexity index is 822. The van der Waals surface area contributed by atoms with Gasteiger partial charge in [-0.2, -0.15) is 0 Å². The van der Waals surface area contributed by atoms with Gasteiger partial charge in [-0.05, 0) is 61.1 Å². The first-order valence-electron chi connectivity index (χ1n) is 10.3. The maximum Gasteiger partial charge on any atom is 0.203 e. The Hall–Kier alpha value is -2.31. The lowest BCUT2D eigenvalue weighted by Gasteiger charge is -2.29. The summed E-state index contributed by atoms with van der Waals surface area (Å²) in [5.41, 5.74) is 2.82. The molecule has 0 aromatic heterocycles. The molecule has 2 aromatic carbocycles. The van der Waals surface area contributed by atoms with Crippen LogP contribution in [0.3, 0.4) is 0 Å². The molecule has 1 aliphatic carbocycles. The third-order valence-corrected chi connectivity index (χ3v) is 5.41. The molecule has 4 rings (SSSR count). The molecule has 0 fully saturated rings. The Morgan fingerprint density at radius 2 is 1.67 bits per heavy atom. The van der Waals surface area contributed by atoms with Crippen LogP contribution in [0.1, 0.15) is 24.0 Å². The zero-order valence-corrected chi connectivity index (χ0v) is 18.4. The number of nitrogens with one attached hydrogen (secondary N) is 1. The fourth-order valence-electron chi connectivity index (χ4n) is 3.89. The first kappa shape index (κ1) is 22.4. The van der Waals surface area contributed by atoms with Crippen LogP contribution in [0.2, 0.25) is 0 Å². The summed E-state index contributed by atoms with van der Waals surface area (Å²) in [4.78, 5) is 0. The zero-order chi connectivity index (χ0) is 20.1. The van der Waals surface area contributed by atoms with Gasteiger partial charge in [0, 0.05) is 13.1 Å². The first-order valence-corrected chi connectivity index (χ1v) is 10.3. The molecule has 0 radical (unpaired) electrons. The number of ether oxygens (including phenoxy) is 5. The second-order valence-corrected chi connectivity index (χ2v) is 7.37. The SMILES string of the molecule is COc1cccc(OC)c1OCCNC[C@H]1COc2cc3c(cc2O1)CCCC3.Cl. The van der Waals surface area contributed by atoms with E-state index in [4.69, 9.17) is 23.7 Å². The Morgan fingerprint density at radius 3 is 2.33 bits per heavy atom. The van der Waals surface area contributed by atoms with Gasteiger partial charge >= 0.3 is 0 Å². The molecule has 164 valence electrons. The molecule has 6 nitrogen and oxygen atoms in total. The molecule has 1 heterocycles. The van der Waals surface area contributed by atoms with Crippen molar-refractivity contribution in [3.05, 3.63) is 41.5 Å². The Labute approximate surface area is 184 Å². The normalized spacial score (nSPS) is 16.8. The number of methoxy groups -OCH3 is 2. The van der Waals surface area contributed by atoms with Crippen LogP contribution in [0.15, 0.2) is 30.3 Å². The van der Waals surface area contributed by atoms with Crippen LogP contribution in [0, 0.1) is 0 Å². The highest BCUT2D eigenvalue weighted by atomic mass is 35.5. The van der Waals surface area contributed by atoms with Gasteiger partial charge in [-0.25, -0.2) is 0 Å². The lowest BCUT2D eigenvalue weighted by Crippen LogP contribution is -2.39. The molecular weight excluding hydrogens is 406 g/mol. The van der Waals surface area contributed by atoms with Gasteiger partial charge in [0.25, 0.3) is 0 Å². The van der Waals surface area contributed by atoms with Crippen LogP contribution in [-0.4, -0.2) is 46.6 Å². The molecule has 2 aromatic rings. The van der Waals surface area contributed by atoms with E-state index >= 15 is 0 Å². The van der Waals surface area contributed by atoms with E-state index in [0.29, 0.717) is 43.6 Å². The van der Waals surface area contributed by atoms with Gasteiger partial charge < -0.3 is 29.0 Å². The molecule has 1 N–H and O–H groups in total. The van der Waals surface area contributed by atoms with Gasteiger partial charge in [0.1, 0.15) is 19.3 Å². The predicted octanol–water partition coefficient (Wildman–Crippen LogP) is 3.81. The Morgan fingerprint density at radius 1 is 1.00 bits per heavy atom. The van der Waals surface area contributed by atoms with E-state index in [2.05, 4.69) is 17.4 Å². The van der Waals surface area contributed by atoms with Crippen LogP contribution < -0.4 is 29.0 Å². The van der Waals surface area contributed by atoms with Crippen molar-refractivity contribution in [3.63, 3.8) is 0 Å². The highest BCUT2D eigenvalue weighted by molar-refractivity contribution is 5.85. The topological polar surface area (TPSA) is 58.2 Å². The minimum atomic E-state index is -0.00932. The number of para-hydroxylation sites is 1. The second kappa shape index (κ2) is 10.6. The van der Waals surface area contributed by atoms with Crippen molar-refractivity contribution in [1.82, 2.24) is 5.32 Å². The molecule has 0 saturated heterocycles. The van der Waals surface area contributed by atoms with Gasteiger partial charge in [-0.3, -0.25) is 0 Å². The second-order valence-electron chi connectivity index (χ2n) is 7.37. The number of aryl methyl sites for hydroxylation is 2. The summed E-state index contributed by atoms with van der Waals surface area (Å²) in [6, 6.07) is 9.93. The smallest absolute Gasteiger partial charge is 0.203 e. The van der Waals surface area contributed by atoms with E-state index in [1.807, 2.05) is 18.2 Å². The zero-order valence-electron chi connectivity index (χ0n) is 17.6. The third-order valence-electron chi connectivity index (χ3n) is 5.41. The molecule has 7 heteroatoms. The summed E-state index contributed by atoms with van der Waals surface area (Å²) in [6.45, 7) is 2.43. The molecule has 0 saturated carbocycles. The van der Waals surface area contributed by atoms with Crippen LogP contribution in [0.5, 0.6) is 28.7 Å². The van der Waals surface area contributed by atoms with Crippen molar-refractivity contribution in [3.8, 4) is 28.7 Å². The van der Waals surface area contributed by atoms with Crippen molar-refractivity contribution in [1.29, 1.82) is 0 Å². The van der Waals surface area contributed by atoms with Crippen LogP contribution >= 0.6 is 12.4 Å². The van der Waals surface area contributed by atoms with Crippen molar-refractivity contribution >= 4 is 12.4 Å². The van der Waals surface area contributed by atoms with Crippen LogP contribution in [0.25, 0.3) is 0 Å². The van der Waals surface area contributed by atoms with Crippen molar-refractivity contribution < 1.29 is 23.7 Å². The van der Waals surface area contributed by atoms with E-state index in [9.17, 15) is 0 Å². The quantitative estimate of drug-likeness (QED) is 0.636. The number of hydrogen-bond donors (Lipinski definition) is 1. The highest BCUT2D eigenvalue weighted by Crippen LogP contribution is 2.38. The minimum absolute atomic E-state index is 0. The first-order chi connectivity index (χ1) is 14.3. The summed E-state index contributed by atoms with van der Waals surface area (Å²) in [5.74, 6) is 3.70. The Balaban J connectivity index is 0.00000256. The van der Waals surface area contributed by atoms with E-state index in [0.717, 1.165) is 24.3 Å². The average Bonchev–Trinajstić information content (AvgIpc) is 2.77.